The molecule has 0 bridgehead atoms. The first-order chi connectivity index (χ1) is 16.2. The highest BCUT2D eigenvalue weighted by atomic mass is 16.6. The molecule has 1 saturated heterocycles. The maximum absolute atomic E-state index is 13.1. The molecule has 0 unspecified atom stereocenters. The summed E-state index contributed by atoms with van der Waals surface area (Å²) in [4.78, 5) is 13.1. The van der Waals surface area contributed by atoms with Gasteiger partial charge >= 0.3 is 6.09 Å². The van der Waals surface area contributed by atoms with Gasteiger partial charge in [-0.15, -0.1) is 0 Å². The van der Waals surface area contributed by atoms with E-state index in [0.717, 1.165) is 29.5 Å². The van der Waals surface area contributed by atoms with Gasteiger partial charge in [0.2, 0.25) is 0 Å². The van der Waals surface area contributed by atoms with Crippen molar-refractivity contribution in [3.05, 3.63) is 108 Å². The van der Waals surface area contributed by atoms with E-state index in [1.807, 2.05) is 54.6 Å². The molecule has 3 aromatic rings. The smallest absolute Gasteiger partial charge is 0.421 e. The molecule has 1 heterocycles. The number of carbonyl (C=O) groups excluding carboxylic acids is 1. The number of piperidine rings is 1. The minimum absolute atomic E-state index is 0.109. The van der Waals surface area contributed by atoms with E-state index in [-0.39, 0.29) is 17.2 Å². The zero-order chi connectivity index (χ0) is 24.2. The van der Waals surface area contributed by atoms with Gasteiger partial charge in [-0.05, 0) is 44.4 Å². The second kappa shape index (κ2) is 9.61. The molecule has 0 saturated carbocycles. The van der Waals surface area contributed by atoms with E-state index in [2.05, 4.69) is 80.3 Å². The molecule has 4 rings (SSSR count). The molecule has 0 aliphatic carbocycles. The lowest BCUT2D eigenvalue weighted by molar-refractivity contribution is 0.0169. The predicted octanol–water partition coefficient (Wildman–Crippen LogP) is 5.52. The fraction of sp³-hybridized carbons (Fsp3) is 0.345. The Hall–Kier alpha value is -3.15. The molecule has 0 radical (unpaired) electrons. The SMILES string of the molecule is CC1(C)CC(OC(=O)NNC(c2ccccc2)(c2ccccc2)c2ccccc2)CC(C)(C)N1. The lowest BCUT2D eigenvalue weighted by Gasteiger charge is -2.46. The number of benzene rings is 3. The van der Waals surface area contributed by atoms with Crippen LogP contribution in [0.3, 0.4) is 0 Å². The fourth-order valence-corrected chi connectivity index (χ4v) is 5.42. The zero-order valence-electron chi connectivity index (χ0n) is 20.5. The highest BCUT2D eigenvalue weighted by molar-refractivity contribution is 5.67. The van der Waals surface area contributed by atoms with Crippen molar-refractivity contribution in [2.24, 2.45) is 0 Å². The van der Waals surface area contributed by atoms with Gasteiger partial charge in [-0.1, -0.05) is 91.0 Å². The quantitative estimate of drug-likeness (QED) is 0.337. The van der Waals surface area contributed by atoms with Crippen molar-refractivity contribution in [1.82, 2.24) is 16.2 Å². The Bertz CT molecular complexity index is 969. The topological polar surface area (TPSA) is 62.4 Å². The Balaban J connectivity index is 1.64. The largest absolute Gasteiger partial charge is 0.445 e. The van der Waals surface area contributed by atoms with Crippen LogP contribution in [-0.4, -0.2) is 23.3 Å². The molecular formula is C29H35N3O2. The monoisotopic (exact) mass is 457 g/mol. The first kappa shape index (κ1) is 24.0. The summed E-state index contributed by atoms with van der Waals surface area (Å²) >= 11 is 0. The average molecular weight is 458 g/mol. The van der Waals surface area contributed by atoms with Crippen LogP contribution >= 0.6 is 0 Å². The molecule has 1 amide bonds. The Morgan fingerprint density at radius 3 is 1.53 bits per heavy atom. The van der Waals surface area contributed by atoms with E-state index >= 15 is 0 Å². The highest BCUT2D eigenvalue weighted by Gasteiger charge is 2.40. The van der Waals surface area contributed by atoms with Crippen LogP contribution in [0.25, 0.3) is 0 Å². The lowest BCUT2D eigenvalue weighted by atomic mass is 9.77. The van der Waals surface area contributed by atoms with Crippen molar-refractivity contribution < 1.29 is 9.53 Å². The Labute approximate surface area is 202 Å². The summed E-state index contributed by atoms with van der Waals surface area (Å²) in [6.07, 6.45) is 0.856. The van der Waals surface area contributed by atoms with Crippen LogP contribution in [0, 0.1) is 0 Å². The number of nitrogens with one attached hydrogen (secondary N) is 3. The van der Waals surface area contributed by atoms with Gasteiger partial charge in [0.1, 0.15) is 11.6 Å². The molecule has 3 aromatic carbocycles. The Morgan fingerprint density at radius 1 is 0.765 bits per heavy atom. The number of ether oxygens (including phenoxy) is 1. The minimum Gasteiger partial charge on any atom is -0.445 e. The van der Waals surface area contributed by atoms with Gasteiger partial charge < -0.3 is 10.1 Å². The van der Waals surface area contributed by atoms with Gasteiger partial charge in [-0.3, -0.25) is 5.43 Å². The van der Waals surface area contributed by atoms with Crippen LogP contribution in [0.1, 0.15) is 57.2 Å². The van der Waals surface area contributed by atoms with Crippen molar-refractivity contribution in [1.29, 1.82) is 0 Å². The summed E-state index contributed by atoms with van der Waals surface area (Å²) < 4.78 is 5.91. The Morgan fingerprint density at radius 2 is 1.15 bits per heavy atom. The first-order valence-electron chi connectivity index (χ1n) is 11.9. The summed E-state index contributed by atoms with van der Waals surface area (Å²) in [5.41, 5.74) is 8.28. The molecule has 34 heavy (non-hydrogen) atoms. The van der Waals surface area contributed by atoms with E-state index in [1.165, 1.54) is 0 Å². The highest BCUT2D eigenvalue weighted by Crippen LogP contribution is 2.36. The van der Waals surface area contributed by atoms with Crippen LogP contribution in [-0.2, 0) is 10.3 Å². The molecule has 3 N–H and O–H groups in total. The van der Waals surface area contributed by atoms with E-state index < -0.39 is 11.6 Å². The van der Waals surface area contributed by atoms with Gasteiger partial charge in [-0.2, -0.15) is 0 Å². The minimum atomic E-state index is -0.796. The van der Waals surface area contributed by atoms with Crippen LogP contribution in [0.15, 0.2) is 91.0 Å². The van der Waals surface area contributed by atoms with Gasteiger partial charge in [0.15, 0.2) is 0 Å². The molecule has 0 aromatic heterocycles. The summed E-state index contributed by atoms with van der Waals surface area (Å²) in [7, 11) is 0. The fourth-order valence-electron chi connectivity index (χ4n) is 5.42. The second-order valence-electron chi connectivity index (χ2n) is 10.4. The summed E-state index contributed by atoms with van der Waals surface area (Å²) in [5, 5.41) is 3.63. The lowest BCUT2D eigenvalue weighted by Crippen LogP contribution is -2.60. The van der Waals surface area contributed by atoms with Gasteiger partial charge in [-0.25, -0.2) is 10.2 Å². The average Bonchev–Trinajstić information content (AvgIpc) is 2.79. The van der Waals surface area contributed by atoms with Crippen LogP contribution in [0.5, 0.6) is 0 Å². The second-order valence-corrected chi connectivity index (χ2v) is 10.4. The first-order valence-corrected chi connectivity index (χ1v) is 11.9. The molecule has 5 nitrogen and oxygen atoms in total. The number of hydrogen-bond acceptors (Lipinski definition) is 4. The molecule has 1 fully saturated rings. The maximum Gasteiger partial charge on any atom is 0.421 e. The third-order valence-corrected chi connectivity index (χ3v) is 6.40. The van der Waals surface area contributed by atoms with Gasteiger partial charge in [0.05, 0.1) is 0 Å². The van der Waals surface area contributed by atoms with E-state index in [0.29, 0.717) is 0 Å². The summed E-state index contributed by atoms with van der Waals surface area (Å²) in [6.45, 7) is 8.58. The number of amides is 1. The van der Waals surface area contributed by atoms with Crippen LogP contribution < -0.4 is 16.2 Å². The Kier molecular flexibility index (Phi) is 6.78. The molecule has 0 atom stereocenters. The normalized spacial score (nSPS) is 17.6. The molecule has 5 heteroatoms. The summed E-state index contributed by atoms with van der Waals surface area (Å²) in [6, 6.07) is 30.4. The van der Waals surface area contributed by atoms with E-state index in [9.17, 15) is 4.79 Å². The molecular weight excluding hydrogens is 422 g/mol. The van der Waals surface area contributed by atoms with Gasteiger partial charge in [0, 0.05) is 23.9 Å². The van der Waals surface area contributed by atoms with Crippen LogP contribution in [0.2, 0.25) is 0 Å². The number of hydrazine groups is 1. The number of hydrogen-bond donors (Lipinski definition) is 3. The van der Waals surface area contributed by atoms with E-state index in [1.54, 1.807) is 0 Å². The summed E-state index contributed by atoms with van der Waals surface area (Å²) in [5.74, 6) is 0. The van der Waals surface area contributed by atoms with Crippen molar-refractivity contribution in [3.8, 4) is 0 Å². The van der Waals surface area contributed by atoms with Crippen molar-refractivity contribution in [2.75, 3.05) is 0 Å². The third-order valence-electron chi connectivity index (χ3n) is 6.40. The molecule has 0 spiro atoms. The van der Waals surface area contributed by atoms with E-state index in [4.69, 9.17) is 4.74 Å². The number of rotatable bonds is 6. The predicted molar refractivity (Wildman–Crippen MR) is 136 cm³/mol. The van der Waals surface area contributed by atoms with Crippen LogP contribution in [0.4, 0.5) is 4.79 Å². The third kappa shape index (κ3) is 5.32. The standard InChI is InChI=1S/C29H35N3O2/c1-27(2)20-25(21-28(3,4)31-27)34-26(33)30-32-29(22-14-8-5-9-15-22,23-16-10-6-11-17-23)24-18-12-7-13-19-24/h5-19,25,31-32H,20-21H2,1-4H3,(H,30,33). The zero-order valence-corrected chi connectivity index (χ0v) is 20.5. The van der Waals surface area contributed by atoms with Crippen molar-refractivity contribution >= 4 is 6.09 Å². The van der Waals surface area contributed by atoms with Crippen molar-refractivity contribution in [3.63, 3.8) is 0 Å². The molecule has 178 valence electrons. The van der Waals surface area contributed by atoms with Gasteiger partial charge in [0.25, 0.3) is 0 Å². The number of carbonyl (C=O) groups is 1. The maximum atomic E-state index is 13.1. The molecule has 1 aliphatic rings. The van der Waals surface area contributed by atoms with Crippen molar-refractivity contribution in [2.45, 2.75) is 63.3 Å². The molecule has 1 aliphatic heterocycles.